The van der Waals surface area contributed by atoms with Crippen LogP contribution in [0.4, 0.5) is 0 Å². The fourth-order valence-corrected chi connectivity index (χ4v) is 2.23. The maximum Gasteiger partial charge on any atom is 0.329 e. The summed E-state index contributed by atoms with van der Waals surface area (Å²) in [4.78, 5) is 25.2. The monoisotopic (exact) mass is 260 g/mol. The van der Waals surface area contributed by atoms with Crippen LogP contribution in [0.25, 0.3) is 0 Å². The van der Waals surface area contributed by atoms with Crippen molar-refractivity contribution < 1.29 is 9.84 Å². The van der Waals surface area contributed by atoms with Crippen LogP contribution in [-0.2, 0) is 11.8 Å². The zero-order valence-electron chi connectivity index (χ0n) is 9.27. The molecule has 0 unspecified atom stereocenters. The van der Waals surface area contributed by atoms with E-state index in [-0.39, 0.29) is 23.4 Å². The smallest absolute Gasteiger partial charge is 0.329 e. The molecule has 1 saturated heterocycles. The Morgan fingerprint density at radius 2 is 2.24 bits per heavy atom. The standard InChI is InChI=1S/C10H13ClN2O4/c1-13-8(11)7(9(15)12-10(13)16)6-3-2-5(4-14)17-6/h5-6,14H,2-4H2,1H3,(H,12,15,16)/t5-,6+/m0/s1. The second kappa shape index (κ2) is 4.64. The van der Waals surface area contributed by atoms with E-state index in [2.05, 4.69) is 4.98 Å². The highest BCUT2D eigenvalue weighted by Crippen LogP contribution is 2.33. The van der Waals surface area contributed by atoms with E-state index in [4.69, 9.17) is 21.4 Å². The third-order valence-corrected chi connectivity index (χ3v) is 3.38. The van der Waals surface area contributed by atoms with Crippen molar-refractivity contribution in [2.24, 2.45) is 7.05 Å². The summed E-state index contributed by atoms with van der Waals surface area (Å²) < 4.78 is 6.64. The molecule has 2 atom stereocenters. The number of rotatable bonds is 2. The van der Waals surface area contributed by atoms with E-state index in [1.165, 1.54) is 7.05 Å². The quantitative estimate of drug-likeness (QED) is 0.730. The molecule has 0 radical (unpaired) electrons. The zero-order valence-corrected chi connectivity index (χ0v) is 10.0. The molecule has 1 aromatic heterocycles. The summed E-state index contributed by atoms with van der Waals surface area (Å²) in [5.74, 6) is 0. The minimum Gasteiger partial charge on any atom is -0.394 e. The molecule has 7 heteroatoms. The Bertz CT molecular complexity index is 536. The van der Waals surface area contributed by atoms with Gasteiger partial charge in [0.15, 0.2) is 0 Å². The molecule has 6 nitrogen and oxygen atoms in total. The third kappa shape index (κ3) is 2.15. The number of halogens is 1. The lowest BCUT2D eigenvalue weighted by Gasteiger charge is -2.14. The molecule has 1 aliphatic rings. The highest BCUT2D eigenvalue weighted by atomic mass is 35.5. The predicted octanol–water partition coefficient (Wildman–Crippen LogP) is -0.0606. The summed E-state index contributed by atoms with van der Waals surface area (Å²) in [6, 6.07) is 0. The van der Waals surface area contributed by atoms with Gasteiger partial charge in [-0.2, -0.15) is 0 Å². The Labute approximate surface area is 102 Å². The van der Waals surface area contributed by atoms with E-state index < -0.39 is 17.4 Å². The average Bonchev–Trinajstić information content (AvgIpc) is 2.74. The number of hydrogen-bond acceptors (Lipinski definition) is 4. The zero-order chi connectivity index (χ0) is 12.6. The molecular formula is C10H13ClN2O4. The van der Waals surface area contributed by atoms with Gasteiger partial charge in [0.25, 0.3) is 5.56 Å². The van der Waals surface area contributed by atoms with Crippen molar-refractivity contribution in [2.45, 2.75) is 25.0 Å². The molecule has 1 aromatic rings. The van der Waals surface area contributed by atoms with Crippen molar-refractivity contribution in [3.05, 3.63) is 31.6 Å². The van der Waals surface area contributed by atoms with Crippen LogP contribution >= 0.6 is 11.6 Å². The number of hydrogen-bond donors (Lipinski definition) is 2. The highest BCUT2D eigenvalue weighted by molar-refractivity contribution is 6.30. The second-order valence-corrected chi connectivity index (χ2v) is 4.39. The number of aliphatic hydroxyl groups excluding tert-OH is 1. The van der Waals surface area contributed by atoms with Gasteiger partial charge in [-0.1, -0.05) is 11.6 Å². The molecule has 94 valence electrons. The predicted molar refractivity (Wildman–Crippen MR) is 61.2 cm³/mol. The molecular weight excluding hydrogens is 248 g/mol. The summed E-state index contributed by atoms with van der Waals surface area (Å²) in [5, 5.41) is 9.05. The molecule has 2 heterocycles. The number of nitrogens with one attached hydrogen (secondary N) is 1. The van der Waals surface area contributed by atoms with Crippen molar-refractivity contribution >= 4 is 11.6 Å². The Morgan fingerprint density at radius 1 is 1.53 bits per heavy atom. The fourth-order valence-electron chi connectivity index (χ4n) is 1.94. The van der Waals surface area contributed by atoms with Crippen LogP contribution < -0.4 is 11.2 Å². The molecule has 2 rings (SSSR count). The number of aromatic amines is 1. The molecule has 1 fully saturated rings. The Morgan fingerprint density at radius 3 is 2.82 bits per heavy atom. The van der Waals surface area contributed by atoms with Crippen LogP contribution in [0.1, 0.15) is 24.5 Å². The average molecular weight is 261 g/mol. The van der Waals surface area contributed by atoms with Gasteiger partial charge in [-0.05, 0) is 12.8 Å². The highest BCUT2D eigenvalue weighted by Gasteiger charge is 2.30. The molecule has 0 saturated carbocycles. The molecule has 2 N–H and O–H groups in total. The van der Waals surface area contributed by atoms with Crippen molar-refractivity contribution in [1.29, 1.82) is 0 Å². The summed E-state index contributed by atoms with van der Waals surface area (Å²) in [5.41, 5.74) is -0.827. The maximum atomic E-state index is 11.7. The van der Waals surface area contributed by atoms with Crippen LogP contribution in [0.15, 0.2) is 9.59 Å². The molecule has 0 spiro atoms. The van der Waals surface area contributed by atoms with Crippen LogP contribution in [0.2, 0.25) is 5.15 Å². The first kappa shape index (κ1) is 12.3. The van der Waals surface area contributed by atoms with Gasteiger partial charge in [0, 0.05) is 7.05 Å². The van der Waals surface area contributed by atoms with Crippen molar-refractivity contribution in [3.63, 3.8) is 0 Å². The van der Waals surface area contributed by atoms with Gasteiger partial charge in [-0.25, -0.2) is 4.79 Å². The van der Waals surface area contributed by atoms with E-state index in [1.54, 1.807) is 0 Å². The van der Waals surface area contributed by atoms with E-state index in [0.717, 1.165) is 4.57 Å². The molecule has 0 bridgehead atoms. The third-order valence-electron chi connectivity index (χ3n) is 2.92. The molecule has 0 aliphatic carbocycles. The first-order chi connectivity index (χ1) is 8.04. The Balaban J connectivity index is 2.44. The molecule has 1 aliphatic heterocycles. The van der Waals surface area contributed by atoms with Crippen LogP contribution in [0.3, 0.4) is 0 Å². The first-order valence-electron chi connectivity index (χ1n) is 5.29. The summed E-state index contributed by atoms with van der Waals surface area (Å²) in [6.45, 7) is -0.0855. The van der Waals surface area contributed by atoms with Crippen molar-refractivity contribution in [3.8, 4) is 0 Å². The number of ether oxygens (including phenoxy) is 1. The van der Waals surface area contributed by atoms with E-state index in [0.29, 0.717) is 12.8 Å². The van der Waals surface area contributed by atoms with E-state index >= 15 is 0 Å². The van der Waals surface area contributed by atoms with Crippen molar-refractivity contribution in [2.75, 3.05) is 6.61 Å². The molecule has 17 heavy (non-hydrogen) atoms. The number of aromatic nitrogens is 2. The number of H-pyrrole nitrogens is 1. The fraction of sp³-hybridized carbons (Fsp3) is 0.600. The van der Waals surface area contributed by atoms with Gasteiger partial charge in [0.05, 0.1) is 24.4 Å². The van der Waals surface area contributed by atoms with Gasteiger partial charge in [0.2, 0.25) is 0 Å². The van der Waals surface area contributed by atoms with Gasteiger partial charge in [-0.3, -0.25) is 14.3 Å². The van der Waals surface area contributed by atoms with E-state index in [1.807, 2.05) is 0 Å². The maximum absolute atomic E-state index is 11.7. The number of nitrogens with zero attached hydrogens (tertiary/aromatic N) is 1. The second-order valence-electron chi connectivity index (χ2n) is 4.03. The Kier molecular flexibility index (Phi) is 3.37. The van der Waals surface area contributed by atoms with Crippen LogP contribution in [-0.4, -0.2) is 27.4 Å². The number of aliphatic hydroxyl groups is 1. The van der Waals surface area contributed by atoms with Crippen LogP contribution in [0.5, 0.6) is 0 Å². The Hall–Kier alpha value is -1.11. The van der Waals surface area contributed by atoms with Gasteiger partial charge in [-0.15, -0.1) is 0 Å². The largest absolute Gasteiger partial charge is 0.394 e. The molecule has 0 aromatic carbocycles. The topological polar surface area (TPSA) is 84.3 Å². The van der Waals surface area contributed by atoms with E-state index in [9.17, 15) is 9.59 Å². The normalized spacial score (nSPS) is 24.2. The SMILES string of the molecule is Cn1c(Cl)c([C@H]2CC[C@@H](CO)O2)c(=O)[nH]c1=O. The summed E-state index contributed by atoms with van der Waals surface area (Å²) in [6.07, 6.45) is 0.536. The minimum absolute atomic E-state index is 0.0855. The lowest BCUT2D eigenvalue weighted by Crippen LogP contribution is -2.32. The first-order valence-corrected chi connectivity index (χ1v) is 5.67. The van der Waals surface area contributed by atoms with Crippen molar-refractivity contribution in [1.82, 2.24) is 9.55 Å². The minimum atomic E-state index is -0.555. The van der Waals surface area contributed by atoms with Crippen LogP contribution in [0, 0.1) is 0 Å². The molecule has 0 amide bonds. The summed E-state index contributed by atoms with van der Waals surface area (Å²) >= 11 is 5.98. The lowest BCUT2D eigenvalue weighted by atomic mass is 10.1. The van der Waals surface area contributed by atoms with Gasteiger partial charge < -0.3 is 9.84 Å². The summed E-state index contributed by atoms with van der Waals surface area (Å²) in [7, 11) is 1.47. The van der Waals surface area contributed by atoms with Gasteiger partial charge in [0.1, 0.15) is 5.15 Å². The lowest BCUT2D eigenvalue weighted by molar-refractivity contribution is 0.0102. The van der Waals surface area contributed by atoms with Gasteiger partial charge >= 0.3 is 5.69 Å².